The number of hydrogen-bond donors (Lipinski definition) is 0. The molecular weight excluding hydrogens is 310 g/mol. The van der Waals surface area contributed by atoms with Crippen LogP contribution in [0.3, 0.4) is 0 Å². The molecule has 0 unspecified atom stereocenters. The van der Waals surface area contributed by atoms with Crippen molar-refractivity contribution in [2.45, 2.75) is 44.4 Å². The molecule has 1 saturated carbocycles. The monoisotopic (exact) mass is 333 g/mol. The molecule has 6 heteroatoms. The molecule has 6 nitrogen and oxygen atoms in total. The van der Waals surface area contributed by atoms with Gasteiger partial charge in [-0.2, -0.15) is 0 Å². The molecule has 1 aliphatic heterocycles. The number of nitrogens with zero attached hydrogens (tertiary/aromatic N) is 1. The van der Waals surface area contributed by atoms with E-state index in [9.17, 15) is 9.59 Å². The highest BCUT2D eigenvalue weighted by Gasteiger charge is 2.58. The average Bonchev–Trinajstić information content (AvgIpc) is 2.60. The molecule has 1 aliphatic carbocycles. The summed E-state index contributed by atoms with van der Waals surface area (Å²) in [6.07, 6.45) is 0.419. The normalized spacial score (nSPS) is 25.5. The maximum Gasteiger partial charge on any atom is 0.278 e. The maximum absolute atomic E-state index is 13.1. The molecule has 1 aromatic carbocycles. The Morgan fingerprint density at radius 2 is 1.67 bits per heavy atom. The number of hydroxylamine groups is 2. The van der Waals surface area contributed by atoms with Crippen LogP contribution in [0.2, 0.25) is 0 Å². The van der Waals surface area contributed by atoms with Gasteiger partial charge in [0.25, 0.3) is 5.91 Å². The van der Waals surface area contributed by atoms with Gasteiger partial charge in [-0.3, -0.25) is 14.4 Å². The van der Waals surface area contributed by atoms with Gasteiger partial charge in [-0.25, -0.2) is 5.06 Å². The van der Waals surface area contributed by atoms with E-state index >= 15 is 0 Å². The van der Waals surface area contributed by atoms with Crippen molar-refractivity contribution in [3.05, 3.63) is 34.4 Å². The van der Waals surface area contributed by atoms with Crippen LogP contribution in [-0.2, 0) is 19.1 Å². The van der Waals surface area contributed by atoms with Gasteiger partial charge in [-0.15, -0.1) is 0 Å². The molecule has 0 saturated heterocycles. The lowest BCUT2D eigenvalue weighted by molar-refractivity contribution is -0.292. The van der Waals surface area contributed by atoms with E-state index < -0.39 is 11.8 Å². The van der Waals surface area contributed by atoms with E-state index in [1.807, 2.05) is 26.0 Å². The molecule has 0 aromatic heterocycles. The second-order valence-corrected chi connectivity index (χ2v) is 6.48. The quantitative estimate of drug-likeness (QED) is 0.793. The summed E-state index contributed by atoms with van der Waals surface area (Å²) in [7, 11) is 4.52. The number of carbonyl (C=O) groups excluding carboxylic acids is 2. The summed E-state index contributed by atoms with van der Waals surface area (Å²) in [5.41, 5.74) is 3.40. The van der Waals surface area contributed by atoms with Crippen molar-refractivity contribution in [2.24, 2.45) is 0 Å². The first-order valence-electron chi connectivity index (χ1n) is 8.00. The van der Waals surface area contributed by atoms with Gasteiger partial charge >= 0.3 is 0 Å². The van der Waals surface area contributed by atoms with E-state index in [0.717, 1.165) is 16.7 Å². The van der Waals surface area contributed by atoms with Crippen molar-refractivity contribution in [1.82, 2.24) is 5.06 Å². The minimum Gasteiger partial charge on any atom is -0.351 e. The summed E-state index contributed by atoms with van der Waals surface area (Å²) in [4.78, 5) is 30.8. The fourth-order valence-corrected chi connectivity index (χ4v) is 4.04. The van der Waals surface area contributed by atoms with Gasteiger partial charge in [0.05, 0.1) is 7.11 Å². The van der Waals surface area contributed by atoms with Gasteiger partial charge in [-0.1, -0.05) is 6.07 Å². The number of ketones is 1. The molecule has 1 amide bonds. The van der Waals surface area contributed by atoms with E-state index in [2.05, 4.69) is 0 Å². The van der Waals surface area contributed by atoms with E-state index in [-0.39, 0.29) is 30.4 Å². The lowest BCUT2D eigenvalue weighted by atomic mass is 9.74. The molecule has 2 bridgehead atoms. The van der Waals surface area contributed by atoms with Crippen LogP contribution in [-0.4, -0.2) is 49.9 Å². The summed E-state index contributed by atoms with van der Waals surface area (Å²) in [5, 5.41) is 1.23. The van der Waals surface area contributed by atoms with Crippen LogP contribution in [0, 0.1) is 13.8 Å². The Bertz CT molecular complexity index is 695. The predicted octanol–water partition coefficient (Wildman–Crippen LogP) is 2.12. The number of fused-ring (bicyclic) bond motifs is 4. The van der Waals surface area contributed by atoms with E-state index in [0.29, 0.717) is 5.56 Å². The van der Waals surface area contributed by atoms with Crippen LogP contribution < -0.4 is 0 Å². The SMILES string of the molecule is CON1C(=O)c2cc(C)c(C)cc2[C@@H]2CC(=O)C[C@H]1C2(OC)OC. The Morgan fingerprint density at radius 3 is 2.25 bits per heavy atom. The van der Waals surface area contributed by atoms with Crippen molar-refractivity contribution in [2.75, 3.05) is 21.3 Å². The molecular formula is C18H23NO5. The molecule has 0 radical (unpaired) electrons. The second kappa shape index (κ2) is 5.95. The highest BCUT2D eigenvalue weighted by Crippen LogP contribution is 2.48. The number of amides is 1. The zero-order valence-corrected chi connectivity index (χ0v) is 14.7. The topological polar surface area (TPSA) is 65.1 Å². The minimum absolute atomic E-state index is 0.0654. The summed E-state index contributed by atoms with van der Waals surface area (Å²) in [5.74, 6) is -1.68. The third kappa shape index (κ3) is 2.21. The lowest BCUT2D eigenvalue weighted by Crippen LogP contribution is -2.61. The molecule has 2 aliphatic rings. The van der Waals surface area contributed by atoms with Crippen molar-refractivity contribution in [3.63, 3.8) is 0 Å². The summed E-state index contributed by atoms with van der Waals surface area (Å²) >= 11 is 0. The first-order valence-corrected chi connectivity index (χ1v) is 8.00. The molecule has 1 aromatic rings. The predicted molar refractivity (Wildman–Crippen MR) is 86.6 cm³/mol. The number of carbonyl (C=O) groups is 2. The van der Waals surface area contributed by atoms with Gasteiger partial charge in [-0.05, 0) is 36.6 Å². The molecule has 1 fully saturated rings. The Balaban J connectivity index is 2.33. The highest BCUT2D eigenvalue weighted by molar-refractivity contribution is 5.98. The maximum atomic E-state index is 13.1. The molecule has 130 valence electrons. The largest absolute Gasteiger partial charge is 0.351 e. The van der Waals surface area contributed by atoms with Crippen molar-refractivity contribution in [1.29, 1.82) is 0 Å². The van der Waals surface area contributed by atoms with Crippen molar-refractivity contribution < 1.29 is 23.9 Å². The number of benzene rings is 1. The first-order chi connectivity index (χ1) is 11.4. The standard InChI is InChI=1S/C18H23NO5/c1-10-6-13-14(7-11(10)2)17(21)19(24-5)16-9-12(20)8-15(13)18(16,22-3)23-4/h6-7,15-16H,8-9H2,1-5H3/t15-,16-/m0/s1. The van der Waals surface area contributed by atoms with Crippen molar-refractivity contribution in [3.8, 4) is 0 Å². The third-order valence-electron chi connectivity index (χ3n) is 5.39. The summed E-state index contributed by atoms with van der Waals surface area (Å²) in [6, 6.07) is 3.19. The summed E-state index contributed by atoms with van der Waals surface area (Å²) in [6.45, 7) is 3.95. The molecule has 3 rings (SSSR count). The van der Waals surface area contributed by atoms with Crippen LogP contribution in [0.4, 0.5) is 0 Å². The Labute approximate surface area is 141 Å². The highest BCUT2D eigenvalue weighted by atomic mass is 16.7. The molecule has 24 heavy (non-hydrogen) atoms. The zero-order chi connectivity index (χ0) is 17.6. The first kappa shape index (κ1) is 17.1. The van der Waals surface area contributed by atoms with E-state index in [1.54, 1.807) is 14.2 Å². The Morgan fingerprint density at radius 1 is 1.04 bits per heavy atom. The number of ether oxygens (including phenoxy) is 2. The number of aryl methyl sites for hydroxylation is 2. The van der Waals surface area contributed by atoms with Gasteiger partial charge in [0, 0.05) is 38.5 Å². The van der Waals surface area contributed by atoms with Crippen LogP contribution in [0.1, 0.15) is 45.8 Å². The fraction of sp³-hybridized carbons (Fsp3) is 0.556. The number of hydrogen-bond acceptors (Lipinski definition) is 5. The Kier molecular flexibility index (Phi) is 4.23. The van der Waals surface area contributed by atoms with Crippen LogP contribution in [0.15, 0.2) is 12.1 Å². The smallest absolute Gasteiger partial charge is 0.278 e. The molecule has 0 N–H and O–H groups in total. The van der Waals surface area contributed by atoms with Crippen LogP contribution >= 0.6 is 0 Å². The fourth-order valence-electron chi connectivity index (χ4n) is 4.04. The minimum atomic E-state index is -1.12. The van der Waals surface area contributed by atoms with Gasteiger partial charge in [0.2, 0.25) is 0 Å². The second-order valence-electron chi connectivity index (χ2n) is 6.48. The van der Waals surface area contributed by atoms with Crippen LogP contribution in [0.25, 0.3) is 0 Å². The zero-order valence-electron chi connectivity index (χ0n) is 14.7. The average molecular weight is 333 g/mol. The molecule has 0 spiro atoms. The molecule has 2 atom stereocenters. The van der Waals surface area contributed by atoms with Gasteiger partial charge in [0.1, 0.15) is 11.8 Å². The Hall–Kier alpha value is -1.76. The third-order valence-corrected chi connectivity index (χ3v) is 5.39. The number of methoxy groups -OCH3 is 2. The van der Waals surface area contributed by atoms with Gasteiger partial charge < -0.3 is 9.47 Å². The lowest BCUT2D eigenvalue weighted by Gasteiger charge is -2.47. The van der Waals surface area contributed by atoms with Crippen molar-refractivity contribution >= 4 is 11.7 Å². The van der Waals surface area contributed by atoms with Gasteiger partial charge in [0.15, 0.2) is 5.79 Å². The van der Waals surface area contributed by atoms with E-state index in [4.69, 9.17) is 14.3 Å². The summed E-state index contributed by atoms with van der Waals surface area (Å²) < 4.78 is 11.6. The molecule has 1 heterocycles. The number of Topliss-reactive ketones (excluding diaryl/α,β-unsaturated/α-hetero) is 1. The van der Waals surface area contributed by atoms with Crippen LogP contribution in [0.5, 0.6) is 0 Å². The number of rotatable bonds is 3. The van der Waals surface area contributed by atoms with E-state index in [1.165, 1.54) is 12.2 Å².